The minimum Gasteiger partial charge on any atom is -0.394 e. The Bertz CT molecular complexity index is 445. The Morgan fingerprint density at radius 1 is 1.36 bits per heavy atom. The summed E-state index contributed by atoms with van der Waals surface area (Å²) in [4.78, 5) is 0. The lowest BCUT2D eigenvalue weighted by Crippen LogP contribution is -1.86. The van der Waals surface area contributed by atoms with Crippen LogP contribution in [0, 0.1) is 12.7 Å². The number of nitrogens with zero attached hydrogens (tertiary/aromatic N) is 1. The van der Waals surface area contributed by atoms with E-state index < -0.39 is 0 Å². The summed E-state index contributed by atoms with van der Waals surface area (Å²) in [6.07, 6.45) is 1.40. The van der Waals surface area contributed by atoms with Crippen molar-refractivity contribution in [2.75, 3.05) is 5.73 Å². The second-order valence-electron chi connectivity index (χ2n) is 3.13. The van der Waals surface area contributed by atoms with E-state index in [1.807, 2.05) is 0 Å². The van der Waals surface area contributed by atoms with Crippen molar-refractivity contribution in [3.63, 3.8) is 0 Å². The summed E-state index contributed by atoms with van der Waals surface area (Å²) in [6.45, 7) is 1.80. The monoisotopic (exact) mass is 192 g/mol. The van der Waals surface area contributed by atoms with Crippen LogP contribution in [0.1, 0.15) is 5.56 Å². The Morgan fingerprint density at radius 2 is 2.14 bits per heavy atom. The topological polar surface area (TPSA) is 52.0 Å². The molecule has 0 aliphatic heterocycles. The van der Waals surface area contributed by atoms with Gasteiger partial charge in [-0.15, -0.1) is 0 Å². The SMILES string of the molecule is Cc1cc(F)cc(-c2oncc2N)c1. The molecule has 0 radical (unpaired) electrons. The smallest absolute Gasteiger partial charge is 0.189 e. The number of hydrogen-bond acceptors (Lipinski definition) is 3. The fourth-order valence-electron chi connectivity index (χ4n) is 1.33. The second kappa shape index (κ2) is 3.14. The van der Waals surface area contributed by atoms with Crippen molar-refractivity contribution in [1.82, 2.24) is 5.16 Å². The van der Waals surface area contributed by atoms with Gasteiger partial charge < -0.3 is 10.3 Å². The van der Waals surface area contributed by atoms with Crippen molar-refractivity contribution in [3.05, 3.63) is 35.8 Å². The van der Waals surface area contributed by atoms with E-state index in [1.54, 1.807) is 13.0 Å². The van der Waals surface area contributed by atoms with Crippen LogP contribution in [0.3, 0.4) is 0 Å². The fraction of sp³-hybridized carbons (Fsp3) is 0.100. The first-order valence-corrected chi connectivity index (χ1v) is 4.14. The van der Waals surface area contributed by atoms with Gasteiger partial charge in [-0.1, -0.05) is 5.16 Å². The summed E-state index contributed by atoms with van der Waals surface area (Å²) >= 11 is 0. The van der Waals surface area contributed by atoms with E-state index in [9.17, 15) is 4.39 Å². The number of benzene rings is 1. The summed E-state index contributed by atoms with van der Waals surface area (Å²) in [5.41, 5.74) is 7.43. The van der Waals surface area contributed by atoms with Gasteiger partial charge in [0.25, 0.3) is 0 Å². The number of aryl methyl sites for hydroxylation is 1. The first kappa shape index (κ1) is 8.74. The molecule has 0 saturated carbocycles. The quantitative estimate of drug-likeness (QED) is 0.754. The highest BCUT2D eigenvalue weighted by Gasteiger charge is 2.09. The molecule has 0 aliphatic rings. The maximum Gasteiger partial charge on any atom is 0.189 e. The lowest BCUT2D eigenvalue weighted by Gasteiger charge is -1.99. The predicted molar refractivity (Wildman–Crippen MR) is 51.0 cm³/mol. The molecule has 2 N–H and O–H groups in total. The molecule has 0 fully saturated rings. The number of halogens is 1. The van der Waals surface area contributed by atoms with E-state index in [1.165, 1.54) is 18.3 Å². The summed E-state index contributed by atoms with van der Waals surface area (Å²) in [7, 11) is 0. The molecule has 1 heterocycles. The highest BCUT2D eigenvalue weighted by Crippen LogP contribution is 2.26. The molecular weight excluding hydrogens is 183 g/mol. The Morgan fingerprint density at radius 3 is 2.71 bits per heavy atom. The van der Waals surface area contributed by atoms with E-state index in [2.05, 4.69) is 5.16 Å². The fourth-order valence-corrected chi connectivity index (χ4v) is 1.33. The third kappa shape index (κ3) is 1.46. The number of hydrogen-bond donors (Lipinski definition) is 1. The van der Waals surface area contributed by atoms with Gasteiger partial charge in [-0.3, -0.25) is 0 Å². The van der Waals surface area contributed by atoms with Crippen LogP contribution in [-0.2, 0) is 0 Å². The zero-order chi connectivity index (χ0) is 10.1. The summed E-state index contributed by atoms with van der Waals surface area (Å²) < 4.78 is 18.0. The Kier molecular flexibility index (Phi) is 1.96. The van der Waals surface area contributed by atoms with E-state index in [0.29, 0.717) is 17.0 Å². The van der Waals surface area contributed by atoms with Crippen molar-refractivity contribution in [3.8, 4) is 11.3 Å². The average molecular weight is 192 g/mol. The third-order valence-corrected chi connectivity index (χ3v) is 1.90. The van der Waals surface area contributed by atoms with Crippen molar-refractivity contribution in [2.24, 2.45) is 0 Å². The minimum atomic E-state index is -0.309. The van der Waals surface area contributed by atoms with Crippen molar-refractivity contribution in [1.29, 1.82) is 0 Å². The van der Waals surface area contributed by atoms with Crippen molar-refractivity contribution < 1.29 is 8.91 Å². The molecule has 72 valence electrons. The van der Waals surface area contributed by atoms with Crippen LogP contribution in [0.5, 0.6) is 0 Å². The Labute approximate surface area is 80.3 Å². The molecule has 3 nitrogen and oxygen atoms in total. The number of nitrogen functional groups attached to an aromatic ring is 1. The molecule has 0 spiro atoms. The minimum absolute atomic E-state index is 0.309. The maximum atomic E-state index is 13.0. The highest BCUT2D eigenvalue weighted by molar-refractivity contribution is 5.70. The van der Waals surface area contributed by atoms with Gasteiger partial charge in [0.05, 0.1) is 6.20 Å². The zero-order valence-electron chi connectivity index (χ0n) is 7.62. The zero-order valence-corrected chi connectivity index (χ0v) is 7.62. The number of aromatic nitrogens is 1. The van der Waals surface area contributed by atoms with Crippen LogP contribution in [0.4, 0.5) is 10.1 Å². The van der Waals surface area contributed by atoms with Crippen molar-refractivity contribution in [2.45, 2.75) is 6.92 Å². The van der Waals surface area contributed by atoms with E-state index in [0.717, 1.165) is 5.56 Å². The van der Waals surface area contributed by atoms with Crippen LogP contribution in [-0.4, -0.2) is 5.16 Å². The maximum absolute atomic E-state index is 13.0. The first-order valence-electron chi connectivity index (χ1n) is 4.14. The highest BCUT2D eigenvalue weighted by atomic mass is 19.1. The van der Waals surface area contributed by atoms with E-state index >= 15 is 0 Å². The molecule has 0 aliphatic carbocycles. The van der Waals surface area contributed by atoms with Gasteiger partial charge in [-0.05, 0) is 30.7 Å². The van der Waals surface area contributed by atoms with Gasteiger partial charge in [0, 0.05) is 5.56 Å². The molecule has 4 heteroatoms. The molecule has 14 heavy (non-hydrogen) atoms. The Balaban J connectivity index is 2.57. The molecule has 2 aromatic rings. The lowest BCUT2D eigenvalue weighted by atomic mass is 10.1. The average Bonchev–Trinajstić information content (AvgIpc) is 2.49. The molecule has 1 aromatic carbocycles. The van der Waals surface area contributed by atoms with Crippen LogP contribution in [0.15, 0.2) is 28.9 Å². The molecule has 1 aromatic heterocycles. The van der Waals surface area contributed by atoms with Gasteiger partial charge in [0.1, 0.15) is 11.5 Å². The predicted octanol–water partition coefficient (Wildman–Crippen LogP) is 2.37. The molecule has 0 unspecified atom stereocenters. The third-order valence-electron chi connectivity index (χ3n) is 1.90. The number of rotatable bonds is 1. The van der Waals surface area contributed by atoms with Crippen LogP contribution in [0.2, 0.25) is 0 Å². The van der Waals surface area contributed by atoms with Gasteiger partial charge >= 0.3 is 0 Å². The standard InChI is InChI=1S/C10H9FN2O/c1-6-2-7(4-8(11)3-6)10-9(12)5-13-14-10/h2-5H,12H2,1H3. The van der Waals surface area contributed by atoms with Gasteiger partial charge in [-0.2, -0.15) is 0 Å². The van der Waals surface area contributed by atoms with E-state index in [4.69, 9.17) is 10.3 Å². The molecular formula is C10H9FN2O. The first-order chi connectivity index (χ1) is 6.66. The van der Waals surface area contributed by atoms with E-state index in [-0.39, 0.29) is 5.82 Å². The molecule has 2 rings (SSSR count). The summed E-state index contributed by atoms with van der Waals surface area (Å²) in [6, 6.07) is 4.60. The van der Waals surface area contributed by atoms with Gasteiger partial charge in [0.15, 0.2) is 5.76 Å². The molecule has 0 bridgehead atoms. The van der Waals surface area contributed by atoms with Crippen LogP contribution >= 0.6 is 0 Å². The largest absolute Gasteiger partial charge is 0.394 e. The molecule has 0 atom stereocenters. The summed E-state index contributed by atoms with van der Waals surface area (Å²) in [5.74, 6) is 0.100. The molecule has 0 amide bonds. The summed E-state index contributed by atoms with van der Waals surface area (Å²) in [5, 5.41) is 3.53. The van der Waals surface area contributed by atoms with Crippen LogP contribution in [0.25, 0.3) is 11.3 Å². The Hall–Kier alpha value is -1.84. The second-order valence-corrected chi connectivity index (χ2v) is 3.13. The lowest BCUT2D eigenvalue weighted by molar-refractivity contribution is 0.432. The number of anilines is 1. The normalized spacial score (nSPS) is 10.4. The number of nitrogens with two attached hydrogens (primary N) is 1. The van der Waals surface area contributed by atoms with Gasteiger partial charge in [-0.25, -0.2) is 4.39 Å². The van der Waals surface area contributed by atoms with Crippen LogP contribution < -0.4 is 5.73 Å². The van der Waals surface area contributed by atoms with Crippen molar-refractivity contribution >= 4 is 5.69 Å². The molecule has 0 saturated heterocycles. The van der Waals surface area contributed by atoms with Gasteiger partial charge in [0.2, 0.25) is 0 Å².